The van der Waals surface area contributed by atoms with E-state index < -0.39 is 37.7 Å². The van der Waals surface area contributed by atoms with E-state index in [0.717, 1.165) is 5.56 Å². The molecule has 0 bridgehead atoms. The fourth-order valence-corrected chi connectivity index (χ4v) is 5.63. The number of anilines is 1. The van der Waals surface area contributed by atoms with Crippen molar-refractivity contribution in [2.45, 2.75) is 19.9 Å². The van der Waals surface area contributed by atoms with Gasteiger partial charge in [-0.25, -0.2) is 9.78 Å². The van der Waals surface area contributed by atoms with Crippen LogP contribution in [0.4, 0.5) is 10.5 Å². The number of carbonyl (C=O) groups is 3. The molecule has 0 spiro atoms. The first kappa shape index (κ1) is 33.0. The van der Waals surface area contributed by atoms with Crippen LogP contribution in [-0.4, -0.2) is 116 Å². The second kappa shape index (κ2) is 15.6. The van der Waals surface area contributed by atoms with Crippen LogP contribution in [0.1, 0.15) is 24.3 Å². The number of nitrogens with one attached hydrogen (secondary N) is 1. The molecule has 1 aliphatic heterocycles. The van der Waals surface area contributed by atoms with Gasteiger partial charge in [0, 0.05) is 58.1 Å². The molecule has 3 amide bonds. The van der Waals surface area contributed by atoms with E-state index in [1.54, 1.807) is 27.0 Å². The van der Waals surface area contributed by atoms with Crippen molar-refractivity contribution in [3.63, 3.8) is 0 Å². The molecule has 2 atom stereocenters. The van der Waals surface area contributed by atoms with Crippen LogP contribution < -0.4 is 10.2 Å². The molecule has 1 fully saturated rings. The summed E-state index contributed by atoms with van der Waals surface area (Å²) >= 11 is 0. The number of likely N-dealkylation sites (N-methyl/N-ethyl adjacent to an activating group) is 1. The Morgan fingerprint density at radius 1 is 1.07 bits per heavy atom. The first-order chi connectivity index (χ1) is 20.1. The predicted molar refractivity (Wildman–Crippen MR) is 158 cm³/mol. The van der Waals surface area contributed by atoms with Crippen molar-refractivity contribution in [1.29, 1.82) is 0 Å². The van der Waals surface area contributed by atoms with Crippen molar-refractivity contribution >= 4 is 31.2 Å². The number of rotatable bonds is 13. The molecule has 3 rings (SSSR count). The van der Waals surface area contributed by atoms with Gasteiger partial charge in [0.05, 0.1) is 31.7 Å². The molecule has 1 aromatic carbocycles. The Bertz CT molecular complexity index is 1260. The Hall–Kier alpha value is -3.51. The van der Waals surface area contributed by atoms with Gasteiger partial charge in [-0.1, -0.05) is 30.3 Å². The van der Waals surface area contributed by atoms with Gasteiger partial charge in [-0.05, 0) is 26.0 Å². The Balaban J connectivity index is 1.88. The molecule has 1 unspecified atom stereocenters. The van der Waals surface area contributed by atoms with Gasteiger partial charge in [-0.2, -0.15) is 0 Å². The number of ether oxygens (including phenoxy) is 2. The molecule has 0 aliphatic carbocycles. The van der Waals surface area contributed by atoms with Crippen LogP contribution in [0.3, 0.4) is 0 Å². The van der Waals surface area contributed by atoms with Gasteiger partial charge in [0.2, 0.25) is 5.91 Å². The second-order valence-corrected chi connectivity index (χ2v) is 11.5. The van der Waals surface area contributed by atoms with Gasteiger partial charge in [-0.3, -0.25) is 14.2 Å². The molecule has 14 heteroatoms. The maximum absolute atomic E-state index is 13.6. The highest BCUT2D eigenvalue weighted by molar-refractivity contribution is 7.52. The van der Waals surface area contributed by atoms with Gasteiger partial charge >= 0.3 is 13.7 Å². The summed E-state index contributed by atoms with van der Waals surface area (Å²) < 4.78 is 28.0. The van der Waals surface area contributed by atoms with E-state index in [0.29, 0.717) is 24.5 Å². The van der Waals surface area contributed by atoms with Crippen LogP contribution >= 0.6 is 7.60 Å². The van der Waals surface area contributed by atoms with Crippen molar-refractivity contribution in [2.75, 3.05) is 77.8 Å². The molecule has 1 aromatic heterocycles. The van der Waals surface area contributed by atoms with Crippen molar-refractivity contribution < 1.29 is 37.8 Å². The molecule has 2 N–H and O–H groups in total. The van der Waals surface area contributed by atoms with E-state index in [1.807, 2.05) is 48.3 Å². The van der Waals surface area contributed by atoms with E-state index >= 15 is 0 Å². The zero-order valence-corrected chi connectivity index (χ0v) is 25.4. The number of hydrogen-bond acceptors (Lipinski definition) is 9. The van der Waals surface area contributed by atoms with Gasteiger partial charge in [-0.15, -0.1) is 0 Å². The lowest BCUT2D eigenvalue weighted by Gasteiger charge is -2.36. The molecule has 1 aliphatic rings. The zero-order valence-electron chi connectivity index (χ0n) is 24.5. The van der Waals surface area contributed by atoms with Crippen LogP contribution in [0.2, 0.25) is 0 Å². The van der Waals surface area contributed by atoms with Crippen LogP contribution in [-0.2, 0) is 23.4 Å². The number of pyridine rings is 1. The Morgan fingerprint density at radius 2 is 1.74 bits per heavy atom. The summed E-state index contributed by atoms with van der Waals surface area (Å²) in [5.41, 5.74) is 2.07. The molecule has 42 heavy (non-hydrogen) atoms. The molecule has 13 nitrogen and oxygen atoms in total. The molecule has 230 valence electrons. The van der Waals surface area contributed by atoms with E-state index in [2.05, 4.69) is 10.3 Å². The first-order valence-electron chi connectivity index (χ1n) is 13.8. The minimum absolute atomic E-state index is 0.0322. The molecule has 0 saturated carbocycles. The number of carbonyl (C=O) groups excluding carboxylic acids is 3. The predicted octanol–water partition coefficient (Wildman–Crippen LogP) is 2.45. The lowest BCUT2D eigenvalue weighted by Crippen LogP contribution is -2.56. The van der Waals surface area contributed by atoms with Crippen LogP contribution in [0.25, 0.3) is 11.3 Å². The van der Waals surface area contributed by atoms with Gasteiger partial charge in [0.15, 0.2) is 0 Å². The van der Waals surface area contributed by atoms with Crippen molar-refractivity contribution in [3.05, 3.63) is 48.2 Å². The molecule has 1 saturated heterocycles. The summed E-state index contributed by atoms with van der Waals surface area (Å²) in [6.07, 6.45) is -1.09. The number of nitrogens with zero attached hydrogens (tertiary/aromatic N) is 4. The van der Waals surface area contributed by atoms with E-state index in [1.165, 1.54) is 9.80 Å². The number of methoxy groups -OCH3 is 1. The van der Waals surface area contributed by atoms with Gasteiger partial charge in [0.1, 0.15) is 11.7 Å². The van der Waals surface area contributed by atoms with Crippen LogP contribution in [0.5, 0.6) is 0 Å². The highest BCUT2D eigenvalue weighted by Crippen LogP contribution is 2.42. The Labute approximate surface area is 246 Å². The minimum atomic E-state index is -4.22. The first-order valence-corrected chi connectivity index (χ1v) is 15.6. The topological polar surface area (TPSA) is 151 Å². The van der Waals surface area contributed by atoms with Crippen molar-refractivity contribution in [3.8, 4) is 11.3 Å². The number of benzene rings is 1. The van der Waals surface area contributed by atoms with E-state index in [4.69, 9.17) is 14.0 Å². The summed E-state index contributed by atoms with van der Waals surface area (Å²) in [7, 11) is -0.763. The minimum Gasteiger partial charge on any atom is -0.450 e. The van der Waals surface area contributed by atoms with Crippen LogP contribution in [0.15, 0.2) is 42.5 Å². The summed E-state index contributed by atoms with van der Waals surface area (Å²) in [6.45, 7) is 5.28. The van der Waals surface area contributed by atoms with Crippen molar-refractivity contribution in [1.82, 2.24) is 20.1 Å². The third-order valence-electron chi connectivity index (χ3n) is 6.65. The monoisotopic (exact) mass is 605 g/mol. The summed E-state index contributed by atoms with van der Waals surface area (Å²) in [5.74, 6) is -1.24. The average molecular weight is 606 g/mol. The Kier molecular flexibility index (Phi) is 12.3. The van der Waals surface area contributed by atoms with Gasteiger partial charge in [0.25, 0.3) is 5.91 Å². The van der Waals surface area contributed by atoms with E-state index in [9.17, 15) is 23.8 Å². The molecule has 2 heterocycles. The Morgan fingerprint density at radius 3 is 2.36 bits per heavy atom. The average Bonchev–Trinajstić information content (AvgIpc) is 2.99. The lowest BCUT2D eigenvalue weighted by atomic mass is 10.1. The number of hydrogen-bond donors (Lipinski definition) is 2. The zero-order chi connectivity index (χ0) is 30.7. The smallest absolute Gasteiger partial charge is 0.409 e. The molecule has 0 radical (unpaired) electrons. The standard InChI is InChI=1S/C28H40N5O8P/c1-5-40-28(36)33-14-12-32(13-15-33)27(35)25(20-42(37,38)41-6-2)30-26(34)24-19-22(31(3)16-17-39-4)18-23(29-24)21-10-8-7-9-11-21/h7-11,18-19,25H,5-6,12-17,20H2,1-4H3,(H,30,34)(H,37,38)/t25-/m0/s1. The highest BCUT2D eigenvalue weighted by atomic mass is 31.2. The number of piperazine rings is 1. The van der Waals surface area contributed by atoms with Crippen molar-refractivity contribution in [2.24, 2.45) is 0 Å². The fourth-order valence-electron chi connectivity index (χ4n) is 4.41. The maximum Gasteiger partial charge on any atom is 0.409 e. The fraction of sp³-hybridized carbons (Fsp3) is 0.500. The third kappa shape index (κ3) is 9.25. The van der Waals surface area contributed by atoms with Gasteiger partial charge < -0.3 is 38.9 Å². The number of aromatic nitrogens is 1. The van der Waals surface area contributed by atoms with Crippen LogP contribution in [0, 0.1) is 0 Å². The number of amides is 3. The van der Waals surface area contributed by atoms with E-state index in [-0.39, 0.29) is 45.1 Å². The SMILES string of the molecule is CCOC(=O)N1CCN(C(=O)[C@H](CP(=O)(O)OCC)NC(=O)c2cc(N(C)CCOC)cc(-c3ccccc3)n2)CC1. The molecular formula is C28H40N5O8P. The summed E-state index contributed by atoms with van der Waals surface area (Å²) in [4.78, 5) is 59.0. The highest BCUT2D eigenvalue weighted by Gasteiger charge is 2.36. The normalized spacial score (nSPS) is 15.5. The third-order valence-corrected chi connectivity index (χ3v) is 8.14. The molecule has 2 aromatic rings. The summed E-state index contributed by atoms with van der Waals surface area (Å²) in [5, 5.41) is 2.63. The quantitative estimate of drug-likeness (QED) is 0.326. The lowest BCUT2D eigenvalue weighted by molar-refractivity contribution is -0.134. The summed E-state index contributed by atoms with van der Waals surface area (Å²) in [6, 6.07) is 11.4. The second-order valence-electron chi connectivity index (χ2n) is 9.65. The largest absolute Gasteiger partial charge is 0.450 e. The molecular weight excluding hydrogens is 565 g/mol. The maximum atomic E-state index is 13.6.